The molecule has 0 aliphatic carbocycles. The quantitative estimate of drug-likeness (QED) is 0.0785. The van der Waals surface area contributed by atoms with Gasteiger partial charge in [0.15, 0.2) is 0 Å². The molecule has 0 unspecified atom stereocenters. The first-order valence-corrected chi connectivity index (χ1v) is 16.0. The Labute approximate surface area is 215 Å². The van der Waals surface area contributed by atoms with E-state index in [-0.39, 0.29) is 5.97 Å². The van der Waals surface area contributed by atoms with Crippen LogP contribution in [-0.4, -0.2) is 12.6 Å². The van der Waals surface area contributed by atoms with Gasteiger partial charge < -0.3 is 4.74 Å². The third-order valence-corrected chi connectivity index (χ3v) is 7.29. The van der Waals surface area contributed by atoms with Gasteiger partial charge in [-0.1, -0.05) is 174 Å². The van der Waals surface area contributed by atoms with E-state index in [1.54, 1.807) is 0 Å². The summed E-state index contributed by atoms with van der Waals surface area (Å²) in [6, 6.07) is 0. The maximum Gasteiger partial charge on any atom is 0.305 e. The maximum atomic E-state index is 11.3. The van der Waals surface area contributed by atoms with E-state index < -0.39 is 0 Å². The van der Waals surface area contributed by atoms with Crippen molar-refractivity contribution in [1.29, 1.82) is 0 Å². The zero-order chi connectivity index (χ0) is 24.8. The zero-order valence-corrected chi connectivity index (χ0v) is 23.8. The Hall–Kier alpha value is -0.530. The molecule has 0 aliphatic heterocycles. The van der Waals surface area contributed by atoms with E-state index in [0.717, 1.165) is 6.42 Å². The number of carbonyl (C=O) groups is 1. The molecule has 0 aromatic rings. The zero-order valence-electron chi connectivity index (χ0n) is 23.8. The van der Waals surface area contributed by atoms with Gasteiger partial charge >= 0.3 is 5.97 Å². The molecular weight excluding hydrogens is 416 g/mol. The molecule has 0 fully saturated rings. The van der Waals surface area contributed by atoms with Gasteiger partial charge in [-0.05, 0) is 13.3 Å². The van der Waals surface area contributed by atoms with Crippen LogP contribution in [-0.2, 0) is 9.53 Å². The molecule has 0 aromatic carbocycles. The third-order valence-electron chi connectivity index (χ3n) is 7.29. The largest absolute Gasteiger partial charge is 0.466 e. The van der Waals surface area contributed by atoms with Crippen LogP contribution in [0.2, 0.25) is 0 Å². The van der Waals surface area contributed by atoms with Crippen molar-refractivity contribution in [3.63, 3.8) is 0 Å². The van der Waals surface area contributed by atoms with Gasteiger partial charge in [0.2, 0.25) is 0 Å². The van der Waals surface area contributed by atoms with Crippen LogP contribution in [0.4, 0.5) is 0 Å². The molecule has 0 amide bonds. The molecule has 0 spiro atoms. The molecule has 2 heteroatoms. The number of esters is 1. The van der Waals surface area contributed by atoms with Crippen LogP contribution in [0.3, 0.4) is 0 Å². The van der Waals surface area contributed by atoms with Crippen molar-refractivity contribution in [2.45, 2.75) is 194 Å². The molecule has 0 radical (unpaired) electrons. The van der Waals surface area contributed by atoms with E-state index in [0.29, 0.717) is 13.0 Å². The van der Waals surface area contributed by atoms with Crippen LogP contribution < -0.4 is 0 Å². The van der Waals surface area contributed by atoms with Crippen LogP contribution in [0.15, 0.2) is 0 Å². The summed E-state index contributed by atoms with van der Waals surface area (Å²) < 4.78 is 4.96. The Kier molecular flexibility index (Phi) is 30.0. The summed E-state index contributed by atoms with van der Waals surface area (Å²) in [5, 5.41) is 0. The highest BCUT2D eigenvalue weighted by Gasteiger charge is 2.00. The van der Waals surface area contributed by atoms with E-state index >= 15 is 0 Å². The topological polar surface area (TPSA) is 26.3 Å². The fraction of sp³-hybridized carbons (Fsp3) is 0.969. The lowest BCUT2D eigenvalue weighted by molar-refractivity contribution is -0.143. The molecule has 204 valence electrons. The minimum Gasteiger partial charge on any atom is -0.466 e. The van der Waals surface area contributed by atoms with Gasteiger partial charge in [0.25, 0.3) is 0 Å². The average Bonchev–Trinajstić information content (AvgIpc) is 2.83. The van der Waals surface area contributed by atoms with Crippen molar-refractivity contribution < 1.29 is 9.53 Å². The molecular formula is C32H64O2. The van der Waals surface area contributed by atoms with Gasteiger partial charge in [0.1, 0.15) is 0 Å². The van der Waals surface area contributed by atoms with Gasteiger partial charge in [-0.3, -0.25) is 4.79 Å². The lowest BCUT2D eigenvalue weighted by Gasteiger charge is -2.04. The van der Waals surface area contributed by atoms with E-state index in [1.807, 2.05) is 6.92 Å². The molecule has 0 aromatic heterocycles. The van der Waals surface area contributed by atoms with E-state index in [2.05, 4.69) is 6.92 Å². The highest BCUT2D eigenvalue weighted by atomic mass is 16.5. The standard InChI is InChI=1S/C32H64O2/c1-3-5-6-7-8-9-10-11-12-13-14-15-16-17-18-19-20-21-22-23-24-25-26-27-28-29-30-31-32(33)34-4-2/h3-31H2,1-2H3. The molecule has 0 heterocycles. The summed E-state index contributed by atoms with van der Waals surface area (Å²) in [6.07, 6.45) is 38.8. The molecule has 0 atom stereocenters. The lowest BCUT2D eigenvalue weighted by atomic mass is 10.0. The van der Waals surface area contributed by atoms with Gasteiger partial charge in [0.05, 0.1) is 6.61 Å². The Morgan fingerprint density at radius 1 is 0.382 bits per heavy atom. The molecule has 0 aliphatic rings. The molecule has 34 heavy (non-hydrogen) atoms. The van der Waals surface area contributed by atoms with Crippen LogP contribution in [0.5, 0.6) is 0 Å². The van der Waals surface area contributed by atoms with Crippen molar-refractivity contribution in [3.05, 3.63) is 0 Å². The van der Waals surface area contributed by atoms with Crippen LogP contribution >= 0.6 is 0 Å². The van der Waals surface area contributed by atoms with Crippen molar-refractivity contribution >= 4 is 5.97 Å². The van der Waals surface area contributed by atoms with Crippen LogP contribution in [0, 0.1) is 0 Å². The molecule has 0 N–H and O–H groups in total. The van der Waals surface area contributed by atoms with E-state index in [9.17, 15) is 4.79 Å². The second kappa shape index (κ2) is 30.5. The molecule has 0 saturated carbocycles. The SMILES string of the molecule is CCCCCCCCCCCCCCCCCCCCCCCCCCCCCC(=O)OCC. The summed E-state index contributed by atoms with van der Waals surface area (Å²) in [6.45, 7) is 4.69. The molecule has 0 bridgehead atoms. The van der Waals surface area contributed by atoms with Crippen molar-refractivity contribution in [2.75, 3.05) is 6.61 Å². The predicted octanol–water partition coefficient (Wildman–Crippen LogP) is 11.5. The first kappa shape index (κ1) is 33.5. The maximum absolute atomic E-state index is 11.3. The highest BCUT2D eigenvalue weighted by Crippen LogP contribution is 2.16. The fourth-order valence-corrected chi connectivity index (χ4v) is 5.00. The fourth-order valence-electron chi connectivity index (χ4n) is 5.00. The Balaban J connectivity index is 3.03. The van der Waals surface area contributed by atoms with Gasteiger partial charge in [-0.15, -0.1) is 0 Å². The van der Waals surface area contributed by atoms with Gasteiger partial charge in [-0.2, -0.15) is 0 Å². The number of hydrogen-bond donors (Lipinski definition) is 0. The number of ether oxygens (including phenoxy) is 1. The first-order chi connectivity index (χ1) is 16.8. The third kappa shape index (κ3) is 29.5. The van der Waals surface area contributed by atoms with Crippen LogP contribution in [0.25, 0.3) is 0 Å². The number of hydrogen-bond acceptors (Lipinski definition) is 2. The van der Waals surface area contributed by atoms with E-state index in [4.69, 9.17) is 4.74 Å². The summed E-state index contributed by atoms with van der Waals surface area (Å²) in [5.41, 5.74) is 0. The number of unbranched alkanes of at least 4 members (excludes halogenated alkanes) is 26. The van der Waals surface area contributed by atoms with Crippen LogP contribution in [0.1, 0.15) is 194 Å². The van der Waals surface area contributed by atoms with Gasteiger partial charge in [-0.25, -0.2) is 0 Å². The second-order valence-corrected chi connectivity index (χ2v) is 10.7. The normalized spacial score (nSPS) is 11.2. The Morgan fingerprint density at radius 2 is 0.618 bits per heavy atom. The lowest BCUT2D eigenvalue weighted by Crippen LogP contribution is -2.03. The minimum absolute atomic E-state index is 0.0258. The smallest absolute Gasteiger partial charge is 0.305 e. The van der Waals surface area contributed by atoms with Gasteiger partial charge in [0, 0.05) is 6.42 Å². The number of carbonyl (C=O) groups excluding carboxylic acids is 1. The molecule has 0 saturated heterocycles. The highest BCUT2D eigenvalue weighted by molar-refractivity contribution is 5.69. The van der Waals surface area contributed by atoms with Crippen molar-refractivity contribution in [1.82, 2.24) is 0 Å². The minimum atomic E-state index is -0.0258. The number of rotatable bonds is 29. The summed E-state index contributed by atoms with van der Waals surface area (Å²) in [5.74, 6) is -0.0258. The average molecular weight is 481 g/mol. The first-order valence-electron chi connectivity index (χ1n) is 16.0. The van der Waals surface area contributed by atoms with E-state index in [1.165, 1.54) is 167 Å². The molecule has 2 nitrogen and oxygen atoms in total. The predicted molar refractivity (Wildman–Crippen MR) is 152 cm³/mol. The Bertz CT molecular complexity index is 379. The Morgan fingerprint density at radius 3 is 0.853 bits per heavy atom. The van der Waals surface area contributed by atoms with Crippen molar-refractivity contribution in [3.8, 4) is 0 Å². The summed E-state index contributed by atoms with van der Waals surface area (Å²) in [7, 11) is 0. The second-order valence-electron chi connectivity index (χ2n) is 10.7. The summed E-state index contributed by atoms with van der Waals surface area (Å²) in [4.78, 5) is 11.3. The molecule has 0 rings (SSSR count). The summed E-state index contributed by atoms with van der Waals surface area (Å²) >= 11 is 0. The monoisotopic (exact) mass is 480 g/mol. The van der Waals surface area contributed by atoms with Crippen molar-refractivity contribution in [2.24, 2.45) is 0 Å².